The van der Waals surface area contributed by atoms with Crippen LogP contribution in [0.25, 0.3) is 16.9 Å². The highest BCUT2D eigenvalue weighted by Crippen LogP contribution is 2.22. The van der Waals surface area contributed by atoms with E-state index in [1.54, 1.807) is 29.0 Å². The second-order valence-corrected chi connectivity index (χ2v) is 7.25. The largest absolute Gasteiger partial charge is 0.368 e. The summed E-state index contributed by atoms with van der Waals surface area (Å²) in [6.07, 6.45) is 3.31. The van der Waals surface area contributed by atoms with Crippen molar-refractivity contribution in [3.05, 3.63) is 84.4 Å². The maximum atomic E-state index is 13.2. The Morgan fingerprint density at radius 2 is 1.63 bits per heavy atom. The minimum absolute atomic E-state index is 0.0681. The molecule has 7 heteroatoms. The van der Waals surface area contributed by atoms with Crippen LogP contribution in [0.4, 0.5) is 10.1 Å². The van der Waals surface area contributed by atoms with Gasteiger partial charge in [-0.25, -0.2) is 13.9 Å². The fourth-order valence-electron chi connectivity index (χ4n) is 3.86. The monoisotopic (exact) mass is 401 g/mol. The van der Waals surface area contributed by atoms with E-state index in [0.717, 1.165) is 16.9 Å². The summed E-state index contributed by atoms with van der Waals surface area (Å²) >= 11 is 0. The van der Waals surface area contributed by atoms with Crippen molar-refractivity contribution in [1.29, 1.82) is 0 Å². The zero-order chi connectivity index (χ0) is 20.5. The van der Waals surface area contributed by atoms with E-state index in [1.807, 2.05) is 41.3 Å². The molecule has 1 aliphatic heterocycles. The van der Waals surface area contributed by atoms with Crippen LogP contribution in [0.2, 0.25) is 0 Å². The number of piperazine rings is 1. The smallest absolute Gasteiger partial charge is 0.259 e. The maximum Gasteiger partial charge on any atom is 0.259 e. The van der Waals surface area contributed by atoms with E-state index in [2.05, 4.69) is 15.0 Å². The molecule has 4 aromatic rings. The van der Waals surface area contributed by atoms with Gasteiger partial charge in [-0.1, -0.05) is 30.3 Å². The summed E-state index contributed by atoms with van der Waals surface area (Å²) in [6.45, 7) is 2.57. The average molecular weight is 401 g/mol. The summed E-state index contributed by atoms with van der Waals surface area (Å²) in [6, 6.07) is 18.3. The zero-order valence-corrected chi connectivity index (χ0v) is 16.3. The summed E-state index contributed by atoms with van der Waals surface area (Å²) < 4.78 is 14.9. The second kappa shape index (κ2) is 7.59. The molecule has 150 valence electrons. The average Bonchev–Trinajstić information content (AvgIpc) is 3.24. The number of aromatic nitrogens is 3. The molecule has 6 nitrogen and oxygen atoms in total. The van der Waals surface area contributed by atoms with E-state index in [0.29, 0.717) is 37.4 Å². The maximum absolute atomic E-state index is 13.2. The molecule has 5 rings (SSSR count). The number of amides is 1. The van der Waals surface area contributed by atoms with Gasteiger partial charge in [0.15, 0.2) is 5.65 Å². The molecule has 0 saturated carbocycles. The third kappa shape index (κ3) is 3.28. The molecule has 1 fully saturated rings. The Kier molecular flexibility index (Phi) is 4.63. The number of benzene rings is 2. The lowest BCUT2D eigenvalue weighted by Crippen LogP contribution is -2.48. The lowest BCUT2D eigenvalue weighted by molar-refractivity contribution is 0.0748. The first kappa shape index (κ1) is 18.3. The molecule has 0 N–H and O–H groups in total. The van der Waals surface area contributed by atoms with Gasteiger partial charge in [-0.15, -0.1) is 0 Å². The van der Waals surface area contributed by atoms with Crippen LogP contribution >= 0.6 is 0 Å². The molecule has 0 atom stereocenters. The van der Waals surface area contributed by atoms with E-state index in [4.69, 9.17) is 0 Å². The Morgan fingerprint density at radius 3 is 2.37 bits per heavy atom. The van der Waals surface area contributed by atoms with Gasteiger partial charge in [0, 0.05) is 43.6 Å². The number of hydrogen-bond donors (Lipinski definition) is 0. The van der Waals surface area contributed by atoms with Crippen molar-refractivity contribution in [1.82, 2.24) is 19.5 Å². The van der Waals surface area contributed by atoms with Gasteiger partial charge in [0.1, 0.15) is 11.4 Å². The first-order valence-electron chi connectivity index (χ1n) is 9.89. The highest BCUT2D eigenvalue weighted by Gasteiger charge is 2.25. The Labute approximate surface area is 173 Å². The molecule has 0 bridgehead atoms. The van der Waals surface area contributed by atoms with Crippen molar-refractivity contribution in [2.24, 2.45) is 0 Å². The van der Waals surface area contributed by atoms with Crippen LogP contribution in [0.5, 0.6) is 0 Å². The van der Waals surface area contributed by atoms with E-state index in [1.165, 1.54) is 12.1 Å². The minimum Gasteiger partial charge on any atom is -0.368 e. The number of halogens is 1. The van der Waals surface area contributed by atoms with Crippen LogP contribution in [-0.2, 0) is 0 Å². The summed E-state index contributed by atoms with van der Waals surface area (Å²) in [4.78, 5) is 21.6. The third-order valence-corrected chi connectivity index (χ3v) is 5.46. The van der Waals surface area contributed by atoms with Crippen molar-refractivity contribution in [3.63, 3.8) is 0 Å². The van der Waals surface area contributed by atoms with Crippen molar-refractivity contribution < 1.29 is 9.18 Å². The van der Waals surface area contributed by atoms with Crippen LogP contribution in [0, 0.1) is 5.82 Å². The van der Waals surface area contributed by atoms with E-state index in [9.17, 15) is 9.18 Å². The predicted molar refractivity (Wildman–Crippen MR) is 113 cm³/mol. The van der Waals surface area contributed by atoms with Gasteiger partial charge < -0.3 is 9.80 Å². The Morgan fingerprint density at radius 1 is 0.900 bits per heavy atom. The van der Waals surface area contributed by atoms with Crippen LogP contribution in [0.15, 0.2) is 73.1 Å². The highest BCUT2D eigenvalue weighted by atomic mass is 19.1. The molecule has 0 aliphatic carbocycles. The van der Waals surface area contributed by atoms with Crippen LogP contribution < -0.4 is 4.90 Å². The molecule has 30 heavy (non-hydrogen) atoms. The molecule has 1 amide bonds. The highest BCUT2D eigenvalue weighted by molar-refractivity contribution is 6.00. The quantitative estimate of drug-likeness (QED) is 0.527. The zero-order valence-electron chi connectivity index (χ0n) is 16.3. The van der Waals surface area contributed by atoms with Gasteiger partial charge in [0.25, 0.3) is 5.91 Å². The van der Waals surface area contributed by atoms with E-state index in [-0.39, 0.29) is 11.7 Å². The molecule has 1 aliphatic rings. The lowest BCUT2D eigenvalue weighted by atomic mass is 10.1. The molecule has 0 radical (unpaired) electrons. The van der Waals surface area contributed by atoms with Crippen LogP contribution in [0.1, 0.15) is 10.4 Å². The Balaban J connectivity index is 1.36. The molecule has 3 heterocycles. The molecule has 0 spiro atoms. The summed E-state index contributed by atoms with van der Waals surface area (Å²) in [7, 11) is 0. The number of anilines is 1. The first-order valence-corrected chi connectivity index (χ1v) is 9.89. The molecular formula is C23H20FN5O. The van der Waals surface area contributed by atoms with Gasteiger partial charge in [0.05, 0.1) is 11.9 Å². The Hall–Kier alpha value is -3.74. The number of nitrogens with zero attached hydrogens (tertiary/aromatic N) is 5. The third-order valence-electron chi connectivity index (χ3n) is 5.46. The van der Waals surface area contributed by atoms with Crippen molar-refractivity contribution in [3.8, 4) is 11.3 Å². The van der Waals surface area contributed by atoms with Crippen molar-refractivity contribution in [2.75, 3.05) is 31.1 Å². The van der Waals surface area contributed by atoms with Crippen LogP contribution in [-0.4, -0.2) is 51.6 Å². The molecule has 2 aromatic carbocycles. The van der Waals surface area contributed by atoms with Gasteiger partial charge >= 0.3 is 0 Å². The van der Waals surface area contributed by atoms with Gasteiger partial charge in [0.2, 0.25) is 0 Å². The SMILES string of the molecule is O=C(c1cnn2c(-c3ccccc3)ccnc12)N1CCN(c2ccc(F)cc2)CC1. The van der Waals surface area contributed by atoms with Gasteiger partial charge in [-0.2, -0.15) is 5.10 Å². The topological polar surface area (TPSA) is 53.7 Å². The van der Waals surface area contributed by atoms with Crippen molar-refractivity contribution in [2.45, 2.75) is 0 Å². The number of carbonyl (C=O) groups excluding carboxylic acids is 1. The van der Waals surface area contributed by atoms with Gasteiger partial charge in [-0.3, -0.25) is 4.79 Å². The summed E-state index contributed by atoms with van der Waals surface area (Å²) in [5.74, 6) is -0.315. The number of fused-ring (bicyclic) bond motifs is 1. The predicted octanol–water partition coefficient (Wildman–Crippen LogP) is 3.50. The van der Waals surface area contributed by atoms with E-state index < -0.39 is 0 Å². The fourth-order valence-corrected chi connectivity index (χ4v) is 3.86. The molecule has 1 saturated heterocycles. The number of carbonyl (C=O) groups is 1. The number of hydrogen-bond acceptors (Lipinski definition) is 4. The first-order chi connectivity index (χ1) is 14.7. The normalized spacial score (nSPS) is 14.3. The lowest BCUT2D eigenvalue weighted by Gasteiger charge is -2.36. The Bertz CT molecular complexity index is 1180. The van der Waals surface area contributed by atoms with E-state index >= 15 is 0 Å². The fraction of sp³-hybridized carbons (Fsp3) is 0.174. The molecular weight excluding hydrogens is 381 g/mol. The minimum atomic E-state index is -0.247. The van der Waals surface area contributed by atoms with Crippen LogP contribution in [0.3, 0.4) is 0 Å². The standard InChI is InChI=1S/C23H20FN5O/c24-18-6-8-19(9-7-18)27-12-14-28(15-13-27)23(30)20-16-26-29-21(10-11-25-22(20)29)17-4-2-1-3-5-17/h1-11,16H,12-15H2. The molecule has 2 aromatic heterocycles. The number of rotatable bonds is 3. The second-order valence-electron chi connectivity index (χ2n) is 7.25. The summed E-state index contributed by atoms with van der Waals surface area (Å²) in [5, 5.41) is 4.44. The summed E-state index contributed by atoms with van der Waals surface area (Å²) in [5.41, 5.74) is 3.93. The van der Waals surface area contributed by atoms with Crippen molar-refractivity contribution >= 4 is 17.2 Å². The molecule has 0 unspecified atom stereocenters. The van der Waals surface area contributed by atoms with Gasteiger partial charge in [-0.05, 0) is 30.3 Å².